The van der Waals surface area contributed by atoms with Crippen molar-refractivity contribution < 1.29 is 25.2 Å². The van der Waals surface area contributed by atoms with Crippen molar-refractivity contribution in [1.82, 2.24) is 5.32 Å². The Morgan fingerprint density at radius 1 is 1.23 bits per heavy atom. The zero-order chi connectivity index (χ0) is 16.3. The maximum absolute atomic E-state index is 9.91. The zero-order valence-corrected chi connectivity index (χ0v) is 12.8. The quantitative estimate of drug-likeness (QED) is 0.395. The van der Waals surface area contributed by atoms with Gasteiger partial charge in [0.2, 0.25) is 0 Å². The Morgan fingerprint density at radius 2 is 1.95 bits per heavy atom. The van der Waals surface area contributed by atoms with Gasteiger partial charge in [-0.3, -0.25) is 0 Å². The number of aryl methyl sites for hydroxylation is 1. The average Bonchev–Trinajstić information content (AvgIpc) is 2.48. The van der Waals surface area contributed by atoms with Crippen molar-refractivity contribution in [3.63, 3.8) is 0 Å². The minimum Gasteiger partial charge on any atom is -0.394 e. The van der Waals surface area contributed by atoms with Crippen LogP contribution in [0.1, 0.15) is 5.56 Å². The van der Waals surface area contributed by atoms with Gasteiger partial charge >= 0.3 is 0 Å². The Labute approximate surface area is 133 Å². The molecule has 1 saturated heterocycles. The summed E-state index contributed by atoms with van der Waals surface area (Å²) in [6, 6.07) is 7.53. The first-order chi connectivity index (χ1) is 10.4. The van der Waals surface area contributed by atoms with E-state index in [-0.39, 0.29) is 5.11 Å². The van der Waals surface area contributed by atoms with E-state index in [4.69, 9.17) is 22.1 Å². The normalized spacial score (nSPS) is 31.6. The molecule has 5 atom stereocenters. The first kappa shape index (κ1) is 17.1. The Balaban J connectivity index is 1.98. The molecule has 0 aromatic heterocycles. The largest absolute Gasteiger partial charge is 0.394 e. The van der Waals surface area contributed by atoms with Gasteiger partial charge in [-0.1, -0.05) is 12.1 Å². The van der Waals surface area contributed by atoms with Gasteiger partial charge in [-0.25, -0.2) is 0 Å². The number of rotatable bonds is 3. The van der Waals surface area contributed by atoms with Gasteiger partial charge < -0.3 is 35.8 Å². The molecule has 0 aliphatic carbocycles. The third-order valence-corrected chi connectivity index (χ3v) is 3.66. The van der Waals surface area contributed by atoms with Gasteiger partial charge in [0.05, 0.1) is 6.61 Å². The van der Waals surface area contributed by atoms with Crippen LogP contribution in [-0.4, -0.2) is 62.8 Å². The van der Waals surface area contributed by atoms with Crippen molar-refractivity contribution in [3.8, 4) is 0 Å². The van der Waals surface area contributed by atoms with E-state index in [9.17, 15) is 15.3 Å². The topological polar surface area (TPSA) is 114 Å². The molecule has 1 aliphatic rings. The van der Waals surface area contributed by atoms with Gasteiger partial charge in [-0.2, -0.15) is 0 Å². The third kappa shape index (κ3) is 3.92. The summed E-state index contributed by atoms with van der Waals surface area (Å²) >= 11 is 5.14. The van der Waals surface area contributed by atoms with Crippen LogP contribution in [-0.2, 0) is 4.74 Å². The number of aliphatic hydroxyl groups is 4. The maximum Gasteiger partial charge on any atom is 0.172 e. The van der Waals surface area contributed by atoms with Crippen molar-refractivity contribution in [2.75, 3.05) is 11.9 Å². The molecule has 2 rings (SSSR count). The van der Waals surface area contributed by atoms with Crippen LogP contribution in [0, 0.1) is 6.92 Å². The SMILES string of the molecule is Cc1cccc(NC(=S)N[C@@H]2O[C@H](CO)[C@@H](O)[C@H](O)[C@H]2O)c1. The van der Waals surface area contributed by atoms with Crippen LogP contribution in [0.3, 0.4) is 0 Å². The predicted molar refractivity (Wildman–Crippen MR) is 84.3 cm³/mol. The highest BCUT2D eigenvalue weighted by molar-refractivity contribution is 7.80. The van der Waals surface area contributed by atoms with Crippen molar-refractivity contribution in [1.29, 1.82) is 0 Å². The zero-order valence-electron chi connectivity index (χ0n) is 12.0. The minimum absolute atomic E-state index is 0.190. The lowest BCUT2D eigenvalue weighted by molar-refractivity contribution is -0.232. The Morgan fingerprint density at radius 3 is 2.59 bits per heavy atom. The fourth-order valence-electron chi connectivity index (χ4n) is 2.24. The number of hydrogen-bond acceptors (Lipinski definition) is 6. The lowest BCUT2D eigenvalue weighted by atomic mass is 9.98. The van der Waals surface area contributed by atoms with E-state index in [1.54, 1.807) is 0 Å². The molecule has 1 aliphatic heterocycles. The molecule has 22 heavy (non-hydrogen) atoms. The van der Waals surface area contributed by atoms with E-state index >= 15 is 0 Å². The summed E-state index contributed by atoms with van der Waals surface area (Å²) < 4.78 is 5.31. The van der Waals surface area contributed by atoms with E-state index in [0.29, 0.717) is 0 Å². The fraction of sp³-hybridized carbons (Fsp3) is 0.500. The second-order valence-corrected chi connectivity index (χ2v) is 5.63. The molecule has 122 valence electrons. The predicted octanol–water partition coefficient (Wildman–Crippen LogP) is -0.919. The Hall–Kier alpha value is -1.29. The molecule has 8 heteroatoms. The molecule has 1 fully saturated rings. The van der Waals surface area contributed by atoms with E-state index in [0.717, 1.165) is 11.3 Å². The molecule has 0 spiro atoms. The van der Waals surface area contributed by atoms with Crippen LogP contribution in [0.15, 0.2) is 24.3 Å². The maximum atomic E-state index is 9.91. The van der Waals surface area contributed by atoms with Gasteiger partial charge in [0.25, 0.3) is 0 Å². The number of nitrogens with one attached hydrogen (secondary N) is 2. The first-order valence-corrected chi connectivity index (χ1v) is 7.28. The highest BCUT2D eigenvalue weighted by Crippen LogP contribution is 2.20. The van der Waals surface area contributed by atoms with Gasteiger partial charge in [0.15, 0.2) is 11.3 Å². The summed E-state index contributed by atoms with van der Waals surface area (Å²) in [7, 11) is 0. The van der Waals surface area contributed by atoms with E-state index in [1.807, 2.05) is 31.2 Å². The van der Waals surface area contributed by atoms with Crippen LogP contribution in [0.5, 0.6) is 0 Å². The number of ether oxygens (including phenoxy) is 1. The fourth-order valence-corrected chi connectivity index (χ4v) is 2.47. The highest BCUT2D eigenvalue weighted by Gasteiger charge is 2.43. The van der Waals surface area contributed by atoms with Crippen LogP contribution in [0.4, 0.5) is 5.69 Å². The number of anilines is 1. The molecule has 0 amide bonds. The molecule has 0 saturated carbocycles. The van der Waals surface area contributed by atoms with Crippen LogP contribution in [0.25, 0.3) is 0 Å². The summed E-state index contributed by atoms with van der Waals surface area (Å²) in [5.74, 6) is 0. The molecule has 1 heterocycles. The molecule has 1 aromatic carbocycles. The van der Waals surface area contributed by atoms with E-state index in [1.165, 1.54) is 0 Å². The summed E-state index contributed by atoms with van der Waals surface area (Å²) in [6.45, 7) is 1.46. The van der Waals surface area contributed by atoms with Crippen molar-refractivity contribution in [3.05, 3.63) is 29.8 Å². The summed E-state index contributed by atoms with van der Waals surface area (Å²) in [5, 5.41) is 44.3. The molecular weight excluding hydrogens is 308 g/mol. The molecule has 6 N–H and O–H groups in total. The summed E-state index contributed by atoms with van der Waals surface area (Å²) in [6.07, 6.45) is -6.23. The second-order valence-electron chi connectivity index (χ2n) is 5.22. The van der Waals surface area contributed by atoms with Crippen molar-refractivity contribution in [2.24, 2.45) is 0 Å². The van der Waals surface area contributed by atoms with Crippen molar-refractivity contribution >= 4 is 23.0 Å². The van der Waals surface area contributed by atoms with Gasteiger partial charge in [-0.05, 0) is 36.8 Å². The molecule has 7 nitrogen and oxygen atoms in total. The molecular formula is C14H20N2O5S. The van der Waals surface area contributed by atoms with E-state index < -0.39 is 37.3 Å². The summed E-state index contributed by atoms with van der Waals surface area (Å²) in [5.41, 5.74) is 1.82. The standard InChI is InChI=1S/C14H20N2O5S/c1-7-3-2-4-8(5-7)15-14(22)16-13-12(20)11(19)10(18)9(6-17)21-13/h2-5,9-13,17-20H,6H2,1H3,(H2,15,16,22)/t9-,10-,11+,12-,13-/m1/s1. The first-order valence-electron chi connectivity index (χ1n) is 6.87. The van der Waals surface area contributed by atoms with Crippen LogP contribution >= 0.6 is 12.2 Å². The average molecular weight is 328 g/mol. The van der Waals surface area contributed by atoms with Gasteiger partial charge in [-0.15, -0.1) is 0 Å². The molecule has 0 unspecified atom stereocenters. The van der Waals surface area contributed by atoms with Crippen molar-refractivity contribution in [2.45, 2.75) is 37.6 Å². The number of thiocarbonyl (C=S) groups is 1. The number of hydrogen-bond donors (Lipinski definition) is 6. The number of benzene rings is 1. The third-order valence-electron chi connectivity index (χ3n) is 3.44. The lowest BCUT2D eigenvalue weighted by Gasteiger charge is -2.40. The molecule has 1 aromatic rings. The van der Waals surface area contributed by atoms with Crippen LogP contribution in [0.2, 0.25) is 0 Å². The summed E-state index contributed by atoms with van der Waals surface area (Å²) in [4.78, 5) is 0. The Bertz CT molecular complexity index is 528. The smallest absolute Gasteiger partial charge is 0.172 e. The second kappa shape index (κ2) is 7.32. The minimum atomic E-state index is -1.44. The Kier molecular flexibility index (Phi) is 5.68. The molecule has 0 bridgehead atoms. The monoisotopic (exact) mass is 328 g/mol. The molecule has 0 radical (unpaired) electrons. The number of aliphatic hydroxyl groups excluding tert-OH is 4. The van der Waals surface area contributed by atoms with Crippen LogP contribution < -0.4 is 10.6 Å². The van der Waals surface area contributed by atoms with Gasteiger partial charge in [0.1, 0.15) is 24.4 Å². The lowest BCUT2D eigenvalue weighted by Crippen LogP contribution is -2.63. The van der Waals surface area contributed by atoms with E-state index in [2.05, 4.69) is 10.6 Å². The van der Waals surface area contributed by atoms with Gasteiger partial charge in [0, 0.05) is 5.69 Å². The highest BCUT2D eigenvalue weighted by atomic mass is 32.1.